The van der Waals surface area contributed by atoms with Gasteiger partial charge in [0.2, 0.25) is 5.95 Å². The molecule has 2 atom stereocenters. The first-order chi connectivity index (χ1) is 20.4. The lowest BCUT2D eigenvalue weighted by Crippen LogP contribution is -2.40. The van der Waals surface area contributed by atoms with Gasteiger partial charge < -0.3 is 19.3 Å². The molecule has 3 fully saturated rings. The van der Waals surface area contributed by atoms with E-state index in [0.29, 0.717) is 29.2 Å². The van der Waals surface area contributed by atoms with Crippen LogP contribution in [0.4, 0.5) is 19.1 Å². The smallest absolute Gasteiger partial charge is 0.405 e. The van der Waals surface area contributed by atoms with E-state index in [9.17, 15) is 13.2 Å². The molecular weight excluding hydrogens is 545 g/mol. The van der Waals surface area contributed by atoms with Crippen molar-refractivity contribution in [3.8, 4) is 28.3 Å². The molecule has 42 heavy (non-hydrogen) atoms. The molecular formula is C32H31F3N4O3. The number of hydrogen-bond donors (Lipinski definition) is 1. The average Bonchev–Trinajstić information content (AvgIpc) is 3.70. The van der Waals surface area contributed by atoms with Crippen LogP contribution < -0.4 is 10.1 Å². The second-order valence-electron chi connectivity index (χ2n) is 11.5. The van der Waals surface area contributed by atoms with E-state index in [1.165, 1.54) is 12.1 Å². The van der Waals surface area contributed by atoms with E-state index >= 15 is 0 Å². The zero-order valence-electron chi connectivity index (χ0n) is 22.9. The molecule has 10 heteroatoms. The van der Waals surface area contributed by atoms with Crippen molar-refractivity contribution in [1.29, 1.82) is 0 Å². The molecule has 0 saturated heterocycles. The summed E-state index contributed by atoms with van der Waals surface area (Å²) in [6.45, 7) is 0.232. The highest BCUT2D eigenvalue weighted by molar-refractivity contribution is 5.70. The van der Waals surface area contributed by atoms with Crippen molar-refractivity contribution in [2.45, 2.75) is 69.6 Å². The second-order valence-corrected chi connectivity index (χ2v) is 11.5. The summed E-state index contributed by atoms with van der Waals surface area (Å²) < 4.78 is 55.8. The minimum absolute atomic E-state index is 0.0357. The van der Waals surface area contributed by atoms with Crippen LogP contribution in [0.15, 0.2) is 71.4 Å². The first kappa shape index (κ1) is 26.9. The van der Waals surface area contributed by atoms with Crippen LogP contribution in [0.1, 0.15) is 55.8 Å². The van der Waals surface area contributed by atoms with Gasteiger partial charge in [0.05, 0.1) is 18.4 Å². The predicted molar refractivity (Wildman–Crippen MR) is 150 cm³/mol. The van der Waals surface area contributed by atoms with Crippen LogP contribution in [-0.2, 0) is 11.3 Å². The highest BCUT2D eigenvalue weighted by Crippen LogP contribution is 2.47. The molecule has 4 aromatic rings. The number of benzene rings is 2. The number of nitrogens with one attached hydrogen (secondary N) is 1. The Bertz CT molecular complexity index is 1530. The molecule has 218 valence electrons. The number of rotatable bonds is 9. The van der Waals surface area contributed by atoms with Gasteiger partial charge >= 0.3 is 6.36 Å². The highest BCUT2D eigenvalue weighted by atomic mass is 19.4. The van der Waals surface area contributed by atoms with Crippen molar-refractivity contribution in [2.24, 2.45) is 11.8 Å². The van der Waals surface area contributed by atoms with Crippen molar-refractivity contribution in [3.63, 3.8) is 0 Å². The van der Waals surface area contributed by atoms with Gasteiger partial charge in [-0.3, -0.25) is 0 Å². The molecule has 3 aliphatic carbocycles. The molecule has 3 aliphatic rings. The lowest BCUT2D eigenvalue weighted by molar-refractivity contribution is -0.274. The molecule has 3 saturated carbocycles. The number of aromatic nitrogens is 3. The Labute approximate surface area is 241 Å². The molecule has 2 bridgehead atoms. The van der Waals surface area contributed by atoms with Gasteiger partial charge in [-0.15, -0.1) is 13.2 Å². The summed E-state index contributed by atoms with van der Waals surface area (Å²) in [7, 11) is 0. The molecule has 1 N–H and O–H groups in total. The SMILES string of the molecule is FC(F)(F)Oc1ccccc1-c1noc(C2CC2)c1COC1CC2CCC(C1)C2Nc1nccc(-c2ccccc2)n1. The van der Waals surface area contributed by atoms with Gasteiger partial charge in [-0.1, -0.05) is 47.6 Å². The van der Waals surface area contributed by atoms with E-state index in [1.54, 1.807) is 18.3 Å². The number of nitrogens with zero attached hydrogens (tertiary/aromatic N) is 3. The monoisotopic (exact) mass is 576 g/mol. The number of hydrogen-bond acceptors (Lipinski definition) is 7. The van der Waals surface area contributed by atoms with Crippen LogP contribution in [0.5, 0.6) is 5.75 Å². The maximum Gasteiger partial charge on any atom is 0.573 e. The van der Waals surface area contributed by atoms with Gasteiger partial charge in [0.1, 0.15) is 17.2 Å². The van der Waals surface area contributed by atoms with E-state index in [1.807, 2.05) is 36.4 Å². The Morgan fingerprint density at radius 2 is 1.64 bits per heavy atom. The zero-order chi connectivity index (χ0) is 28.7. The number of para-hydroxylation sites is 1. The van der Waals surface area contributed by atoms with Crippen molar-refractivity contribution in [2.75, 3.05) is 5.32 Å². The number of anilines is 1. The van der Waals surface area contributed by atoms with E-state index in [0.717, 1.165) is 55.3 Å². The molecule has 0 radical (unpaired) electrons. The topological polar surface area (TPSA) is 82.3 Å². The Morgan fingerprint density at radius 3 is 2.38 bits per heavy atom. The molecule has 0 aliphatic heterocycles. The van der Waals surface area contributed by atoms with Gasteiger partial charge in [-0.05, 0) is 68.6 Å². The third-order valence-corrected chi connectivity index (χ3v) is 8.67. The molecule has 2 heterocycles. The lowest BCUT2D eigenvalue weighted by Gasteiger charge is -2.35. The fourth-order valence-electron chi connectivity index (χ4n) is 6.61. The van der Waals surface area contributed by atoms with Crippen molar-refractivity contribution in [1.82, 2.24) is 15.1 Å². The first-order valence-corrected chi connectivity index (χ1v) is 14.5. The van der Waals surface area contributed by atoms with E-state index in [-0.39, 0.29) is 36.0 Å². The standard InChI is InChI=1S/C32H31F3N4O3/c33-32(34,35)41-27-9-5-4-8-24(27)29-25(30(42-39-29)20-10-11-20)18-40-23-16-21-12-13-22(17-23)28(21)38-31-36-15-14-26(37-31)19-6-2-1-3-7-19/h1-9,14-15,20-23,28H,10-13,16-18H2,(H,36,37,38). The molecule has 0 amide bonds. The van der Waals surface area contributed by atoms with Gasteiger partial charge in [0.15, 0.2) is 0 Å². The fraction of sp³-hybridized carbons (Fsp3) is 0.406. The molecule has 0 spiro atoms. The average molecular weight is 577 g/mol. The normalized spacial score (nSPS) is 23.6. The summed E-state index contributed by atoms with van der Waals surface area (Å²) in [5.41, 5.74) is 3.25. The molecule has 7 rings (SSSR count). The van der Waals surface area contributed by atoms with Crippen LogP contribution in [0, 0.1) is 11.8 Å². The number of fused-ring (bicyclic) bond motifs is 2. The summed E-state index contributed by atoms with van der Waals surface area (Å²) >= 11 is 0. The molecule has 2 aromatic carbocycles. The van der Waals surface area contributed by atoms with Crippen molar-refractivity contribution in [3.05, 3.63) is 78.2 Å². The van der Waals surface area contributed by atoms with Crippen LogP contribution in [0.2, 0.25) is 0 Å². The van der Waals surface area contributed by atoms with Crippen LogP contribution in [-0.4, -0.2) is 33.6 Å². The Kier molecular flexibility index (Phi) is 7.09. The maximum atomic E-state index is 13.1. The summed E-state index contributed by atoms with van der Waals surface area (Å²) in [6, 6.07) is 18.3. The summed E-state index contributed by atoms with van der Waals surface area (Å²) in [5.74, 6) is 2.11. The van der Waals surface area contributed by atoms with Crippen LogP contribution in [0.3, 0.4) is 0 Å². The van der Waals surface area contributed by atoms with Crippen LogP contribution in [0.25, 0.3) is 22.5 Å². The summed E-state index contributed by atoms with van der Waals surface area (Å²) in [4.78, 5) is 9.26. The van der Waals surface area contributed by atoms with Gasteiger partial charge in [0.25, 0.3) is 0 Å². The summed E-state index contributed by atoms with van der Waals surface area (Å²) in [6.07, 6.45) is 2.94. The zero-order valence-corrected chi connectivity index (χ0v) is 22.9. The quantitative estimate of drug-likeness (QED) is 0.218. The summed E-state index contributed by atoms with van der Waals surface area (Å²) in [5, 5.41) is 7.83. The van der Waals surface area contributed by atoms with Crippen molar-refractivity contribution >= 4 is 5.95 Å². The van der Waals surface area contributed by atoms with Crippen LogP contribution >= 0.6 is 0 Å². The Balaban J connectivity index is 1.05. The highest BCUT2D eigenvalue weighted by Gasteiger charge is 2.44. The lowest BCUT2D eigenvalue weighted by atomic mass is 9.82. The largest absolute Gasteiger partial charge is 0.573 e. The maximum absolute atomic E-state index is 13.1. The first-order valence-electron chi connectivity index (χ1n) is 14.5. The fourth-order valence-corrected chi connectivity index (χ4v) is 6.61. The molecule has 7 nitrogen and oxygen atoms in total. The third kappa shape index (κ3) is 5.72. The second kappa shape index (κ2) is 11.1. The van der Waals surface area contributed by atoms with E-state index in [4.69, 9.17) is 14.2 Å². The number of alkyl halides is 3. The number of halogens is 3. The Morgan fingerprint density at radius 1 is 0.905 bits per heavy atom. The predicted octanol–water partition coefficient (Wildman–Crippen LogP) is 7.76. The minimum atomic E-state index is -4.81. The van der Waals surface area contributed by atoms with Gasteiger partial charge in [-0.25, -0.2) is 9.97 Å². The Hall–Kier alpha value is -3.92. The molecule has 2 aromatic heterocycles. The van der Waals surface area contributed by atoms with E-state index in [2.05, 4.69) is 20.2 Å². The third-order valence-electron chi connectivity index (χ3n) is 8.67. The van der Waals surface area contributed by atoms with E-state index < -0.39 is 6.36 Å². The van der Waals surface area contributed by atoms with Gasteiger partial charge in [0, 0.05) is 34.8 Å². The van der Waals surface area contributed by atoms with Crippen molar-refractivity contribution < 1.29 is 27.2 Å². The molecule has 2 unspecified atom stereocenters. The van der Waals surface area contributed by atoms with Gasteiger partial charge in [-0.2, -0.15) is 0 Å². The minimum Gasteiger partial charge on any atom is -0.405 e. The number of ether oxygens (including phenoxy) is 2.